The Morgan fingerprint density at radius 3 is 2.07 bits per heavy atom. The van der Waals surface area contributed by atoms with Crippen molar-refractivity contribution in [2.45, 2.75) is 43.9 Å². The van der Waals surface area contributed by atoms with Gasteiger partial charge in [0.1, 0.15) is 0 Å². The largest absolute Gasteiger partial charge is 0.371 e. The number of primary amides is 1. The summed E-state index contributed by atoms with van der Waals surface area (Å²) in [6.45, 7) is 3.20. The monoisotopic (exact) mass is 558 g/mol. The molecule has 3 amide bonds. The van der Waals surface area contributed by atoms with Crippen molar-refractivity contribution in [2.24, 2.45) is 5.73 Å². The van der Waals surface area contributed by atoms with E-state index in [1.807, 2.05) is 24.3 Å². The van der Waals surface area contributed by atoms with Crippen LogP contribution in [-0.2, 0) is 9.53 Å². The molecule has 6 rings (SSSR count). The fraction of sp³-hybridized carbons (Fsp3) is 0.429. The maximum Gasteiger partial charge on any atom is 0.323 e. The number of rotatable bonds is 8. The molecule has 214 valence electrons. The maximum absolute atomic E-state index is 12.4. The number of piperidine rings is 1. The number of carbonyl (C=O) groups is 2. The average Bonchev–Trinajstić information content (AvgIpc) is 3.33. The van der Waals surface area contributed by atoms with Crippen LogP contribution in [0.25, 0.3) is 11.4 Å². The molecule has 3 fully saturated rings. The fourth-order valence-electron chi connectivity index (χ4n) is 5.50. The lowest BCUT2D eigenvalue weighted by atomic mass is 10.1. The molecule has 5 N–H and O–H groups in total. The first-order valence-corrected chi connectivity index (χ1v) is 14.0. The van der Waals surface area contributed by atoms with Crippen molar-refractivity contribution >= 4 is 35.2 Å². The molecule has 3 aromatic rings. The molecule has 2 aromatic heterocycles. The van der Waals surface area contributed by atoms with E-state index in [-0.39, 0.29) is 36.7 Å². The summed E-state index contributed by atoms with van der Waals surface area (Å²) >= 11 is 0. The van der Waals surface area contributed by atoms with Gasteiger partial charge in [0, 0.05) is 61.6 Å². The van der Waals surface area contributed by atoms with Crippen LogP contribution in [0.4, 0.5) is 28.1 Å². The first kappa shape index (κ1) is 26.8. The smallest absolute Gasteiger partial charge is 0.323 e. The van der Waals surface area contributed by atoms with E-state index in [2.05, 4.69) is 30.7 Å². The second-order valence-corrected chi connectivity index (χ2v) is 10.6. The third-order valence-corrected chi connectivity index (χ3v) is 7.62. The minimum absolute atomic E-state index is 0.181. The summed E-state index contributed by atoms with van der Waals surface area (Å²) in [5.74, 6) is 1.51. The number of ether oxygens (including phenoxy) is 1. The molecule has 2 bridgehead atoms. The number of nitrogens with one attached hydrogen (secondary N) is 3. The van der Waals surface area contributed by atoms with Crippen LogP contribution in [0, 0.1) is 0 Å². The third-order valence-electron chi connectivity index (χ3n) is 7.62. The number of hydrogen-bond acceptors (Lipinski definition) is 10. The minimum Gasteiger partial charge on any atom is -0.371 e. The number of pyridine rings is 1. The first-order valence-electron chi connectivity index (χ1n) is 14.0. The van der Waals surface area contributed by atoms with Crippen LogP contribution >= 0.6 is 0 Å². The van der Waals surface area contributed by atoms with Crippen LogP contribution in [0.3, 0.4) is 0 Å². The molecule has 0 aliphatic carbocycles. The van der Waals surface area contributed by atoms with Gasteiger partial charge in [-0.15, -0.1) is 0 Å². The predicted molar refractivity (Wildman–Crippen MR) is 155 cm³/mol. The number of hydrogen-bond donors (Lipinski definition) is 4. The van der Waals surface area contributed by atoms with Crippen molar-refractivity contribution in [3.05, 3.63) is 48.8 Å². The molecule has 1 aromatic carbocycles. The van der Waals surface area contributed by atoms with E-state index in [1.165, 1.54) is 0 Å². The lowest BCUT2D eigenvalue weighted by Gasteiger charge is -2.34. The van der Waals surface area contributed by atoms with Crippen molar-refractivity contribution in [2.75, 3.05) is 53.2 Å². The van der Waals surface area contributed by atoms with E-state index in [1.54, 1.807) is 24.5 Å². The molecule has 13 heteroatoms. The number of urea groups is 1. The topological polar surface area (TPSA) is 164 Å². The first-order chi connectivity index (χ1) is 20.0. The van der Waals surface area contributed by atoms with Gasteiger partial charge in [0.05, 0.1) is 18.8 Å². The summed E-state index contributed by atoms with van der Waals surface area (Å²) in [4.78, 5) is 46.6. The van der Waals surface area contributed by atoms with Gasteiger partial charge in [0.2, 0.25) is 17.8 Å². The number of amides is 3. The Balaban J connectivity index is 1.20. The van der Waals surface area contributed by atoms with Gasteiger partial charge in [0.25, 0.3) is 0 Å². The molecule has 13 nitrogen and oxygen atoms in total. The predicted octanol–water partition coefficient (Wildman–Crippen LogP) is 1.99. The summed E-state index contributed by atoms with van der Waals surface area (Å²) in [5.41, 5.74) is 7.42. The van der Waals surface area contributed by atoms with E-state index < -0.39 is 0 Å². The number of fused-ring (bicyclic) bond motifs is 2. The van der Waals surface area contributed by atoms with Gasteiger partial charge in [-0.05, 0) is 62.1 Å². The highest BCUT2D eigenvalue weighted by Crippen LogP contribution is 2.30. The molecular formula is C28H34N10O3. The molecule has 2 unspecified atom stereocenters. The molecule has 3 saturated heterocycles. The summed E-state index contributed by atoms with van der Waals surface area (Å²) < 4.78 is 6.04. The number of morpholine rings is 1. The van der Waals surface area contributed by atoms with Gasteiger partial charge in [-0.3, -0.25) is 9.78 Å². The standard InChI is InChI=1S/C28H34N10O3/c29-24(39)15-31-19-9-13-37(14-10-19)26-34-25(35-27(36-26)38-16-22-5-6-23(17-38)41-22)18-1-3-20(4-2-18)32-28(40)33-21-7-11-30-12-8-21/h1-4,7-8,11-12,19,22-23,31H,5-6,9-10,13-17H2,(H2,29,39)(H2,30,32,33,40). The Labute approximate surface area is 237 Å². The second kappa shape index (κ2) is 12.0. The zero-order valence-electron chi connectivity index (χ0n) is 22.7. The molecule has 0 saturated carbocycles. The Hall–Kier alpha value is -4.36. The number of nitrogens with two attached hydrogens (primary N) is 1. The van der Waals surface area contributed by atoms with Crippen molar-refractivity contribution in [3.8, 4) is 11.4 Å². The minimum atomic E-state index is -0.353. The zero-order valence-corrected chi connectivity index (χ0v) is 22.7. The third kappa shape index (κ3) is 6.69. The molecule has 2 atom stereocenters. The van der Waals surface area contributed by atoms with Gasteiger partial charge in [-0.2, -0.15) is 15.0 Å². The van der Waals surface area contributed by atoms with E-state index >= 15 is 0 Å². The lowest BCUT2D eigenvalue weighted by Crippen LogP contribution is -2.46. The van der Waals surface area contributed by atoms with Gasteiger partial charge >= 0.3 is 6.03 Å². The molecule has 5 heterocycles. The van der Waals surface area contributed by atoms with Crippen LogP contribution in [0.1, 0.15) is 25.7 Å². The average molecular weight is 559 g/mol. The molecule has 0 spiro atoms. The number of aromatic nitrogens is 4. The van der Waals surface area contributed by atoms with Crippen molar-refractivity contribution in [3.63, 3.8) is 0 Å². The van der Waals surface area contributed by atoms with Crippen molar-refractivity contribution in [1.82, 2.24) is 25.3 Å². The SMILES string of the molecule is NC(=O)CNC1CCN(c2nc(-c3ccc(NC(=O)Nc4ccncc4)cc3)nc(N3CC4CCC(C3)O4)n2)CC1. The lowest BCUT2D eigenvalue weighted by molar-refractivity contribution is -0.117. The van der Waals surface area contributed by atoms with Gasteiger partial charge in [-0.25, -0.2) is 4.79 Å². The highest BCUT2D eigenvalue weighted by atomic mass is 16.5. The van der Waals surface area contributed by atoms with Gasteiger partial charge in [-0.1, -0.05) is 0 Å². The van der Waals surface area contributed by atoms with E-state index in [0.717, 1.165) is 57.4 Å². The Morgan fingerprint density at radius 2 is 1.44 bits per heavy atom. The fourth-order valence-corrected chi connectivity index (χ4v) is 5.50. The highest BCUT2D eigenvalue weighted by Gasteiger charge is 2.35. The van der Waals surface area contributed by atoms with Crippen molar-refractivity contribution in [1.29, 1.82) is 0 Å². The summed E-state index contributed by atoms with van der Waals surface area (Å²) in [5, 5.41) is 8.85. The van der Waals surface area contributed by atoms with E-state index in [0.29, 0.717) is 29.1 Å². The number of nitrogens with zero attached hydrogens (tertiary/aromatic N) is 6. The zero-order chi connectivity index (χ0) is 28.2. The van der Waals surface area contributed by atoms with Crippen LogP contribution < -0.4 is 31.5 Å². The Morgan fingerprint density at radius 1 is 0.829 bits per heavy atom. The second-order valence-electron chi connectivity index (χ2n) is 10.6. The normalized spacial score (nSPS) is 20.6. The summed E-state index contributed by atoms with van der Waals surface area (Å²) in [6, 6.07) is 10.8. The Bertz CT molecular complexity index is 1350. The molecular weight excluding hydrogens is 524 g/mol. The summed E-state index contributed by atoms with van der Waals surface area (Å²) in [7, 11) is 0. The van der Waals surface area contributed by atoms with Crippen LogP contribution in [-0.4, -0.2) is 82.8 Å². The van der Waals surface area contributed by atoms with Gasteiger partial charge in [0.15, 0.2) is 5.82 Å². The van der Waals surface area contributed by atoms with Crippen LogP contribution in [0.5, 0.6) is 0 Å². The van der Waals surface area contributed by atoms with Crippen LogP contribution in [0.15, 0.2) is 48.8 Å². The molecule has 3 aliphatic rings. The highest BCUT2D eigenvalue weighted by molar-refractivity contribution is 5.99. The van der Waals surface area contributed by atoms with Crippen LogP contribution in [0.2, 0.25) is 0 Å². The van der Waals surface area contributed by atoms with Gasteiger partial charge < -0.3 is 36.2 Å². The number of carbonyl (C=O) groups excluding carboxylic acids is 2. The molecule has 0 radical (unpaired) electrons. The van der Waals surface area contributed by atoms with E-state index in [4.69, 9.17) is 25.4 Å². The maximum atomic E-state index is 12.4. The van der Waals surface area contributed by atoms with Crippen molar-refractivity contribution < 1.29 is 14.3 Å². The Kier molecular flexibility index (Phi) is 7.87. The van der Waals surface area contributed by atoms with E-state index in [9.17, 15) is 9.59 Å². The molecule has 41 heavy (non-hydrogen) atoms. The number of benzene rings is 1. The molecule has 3 aliphatic heterocycles. The number of anilines is 4. The summed E-state index contributed by atoms with van der Waals surface area (Å²) in [6.07, 6.45) is 7.46. The quantitative estimate of drug-likeness (QED) is 0.321.